The highest BCUT2D eigenvalue weighted by molar-refractivity contribution is 8.14. The first kappa shape index (κ1) is 8.97. The summed E-state index contributed by atoms with van der Waals surface area (Å²) in [6.45, 7) is 2.14. The maximum Gasteiger partial charge on any atom is 0.114 e. The first-order valence-electron chi connectivity index (χ1n) is 4.96. The van der Waals surface area contributed by atoms with Gasteiger partial charge in [-0.1, -0.05) is 0 Å². The lowest BCUT2D eigenvalue weighted by atomic mass is 10.3. The van der Waals surface area contributed by atoms with Gasteiger partial charge in [-0.15, -0.1) is 11.8 Å². The lowest BCUT2D eigenvalue weighted by Gasteiger charge is -1.92. The van der Waals surface area contributed by atoms with Gasteiger partial charge in [-0.2, -0.15) is 0 Å². The molecule has 0 fully saturated rings. The second kappa shape index (κ2) is 3.38. The van der Waals surface area contributed by atoms with Gasteiger partial charge in [0.2, 0.25) is 0 Å². The van der Waals surface area contributed by atoms with Crippen molar-refractivity contribution in [3.63, 3.8) is 0 Å². The minimum absolute atomic E-state index is 0.439. The first-order chi connectivity index (χ1) is 7.33. The Labute approximate surface area is 92.0 Å². The number of hydrogen-bond acceptors (Lipinski definition) is 3. The molecule has 0 spiro atoms. The number of nitrogens with zero attached hydrogens (tertiary/aromatic N) is 2. The van der Waals surface area contributed by atoms with Gasteiger partial charge in [0.05, 0.1) is 11.7 Å². The average molecular weight is 217 g/mol. The molecule has 3 heterocycles. The molecule has 0 saturated heterocycles. The molecule has 1 aliphatic rings. The SMILES string of the molecule is CC1CSC(c2cc3cnccc3[nH]2)=N1. The fourth-order valence-electron chi connectivity index (χ4n) is 1.71. The summed E-state index contributed by atoms with van der Waals surface area (Å²) in [6, 6.07) is 4.55. The molecule has 1 aliphatic heterocycles. The van der Waals surface area contributed by atoms with Gasteiger partial charge in [0.15, 0.2) is 0 Å². The minimum Gasteiger partial charge on any atom is -0.353 e. The van der Waals surface area contributed by atoms with E-state index in [0.29, 0.717) is 6.04 Å². The molecular formula is C11H11N3S. The molecule has 1 unspecified atom stereocenters. The quantitative estimate of drug-likeness (QED) is 0.797. The molecule has 0 radical (unpaired) electrons. The zero-order valence-corrected chi connectivity index (χ0v) is 9.21. The summed E-state index contributed by atoms with van der Waals surface area (Å²) in [5.74, 6) is 1.09. The molecule has 4 heteroatoms. The number of thioether (sulfide) groups is 1. The Morgan fingerprint density at radius 3 is 3.20 bits per heavy atom. The Morgan fingerprint density at radius 2 is 2.47 bits per heavy atom. The van der Waals surface area contributed by atoms with E-state index in [1.165, 1.54) is 0 Å². The van der Waals surface area contributed by atoms with Gasteiger partial charge >= 0.3 is 0 Å². The molecule has 3 nitrogen and oxygen atoms in total. The van der Waals surface area contributed by atoms with E-state index in [9.17, 15) is 0 Å². The summed E-state index contributed by atoms with van der Waals surface area (Å²) in [4.78, 5) is 12.0. The van der Waals surface area contributed by atoms with Gasteiger partial charge in [-0.25, -0.2) is 0 Å². The molecule has 0 bridgehead atoms. The smallest absolute Gasteiger partial charge is 0.114 e. The molecule has 1 atom stereocenters. The van der Waals surface area contributed by atoms with Crippen LogP contribution in [0.15, 0.2) is 29.5 Å². The summed E-state index contributed by atoms with van der Waals surface area (Å²) in [5, 5.41) is 2.27. The summed E-state index contributed by atoms with van der Waals surface area (Å²) >= 11 is 1.82. The van der Waals surface area contributed by atoms with Crippen LogP contribution < -0.4 is 0 Å². The second-order valence-corrected chi connectivity index (χ2v) is 4.75. The third-order valence-electron chi connectivity index (χ3n) is 2.45. The highest BCUT2D eigenvalue weighted by Gasteiger charge is 2.16. The van der Waals surface area contributed by atoms with E-state index in [0.717, 1.165) is 27.4 Å². The molecule has 1 N–H and O–H groups in total. The Balaban J connectivity index is 2.09. The number of hydrogen-bond donors (Lipinski definition) is 1. The Morgan fingerprint density at radius 1 is 1.53 bits per heavy atom. The summed E-state index contributed by atoms with van der Waals surface area (Å²) in [7, 11) is 0. The van der Waals surface area contributed by atoms with Crippen LogP contribution in [0.25, 0.3) is 10.9 Å². The van der Waals surface area contributed by atoms with E-state index in [-0.39, 0.29) is 0 Å². The summed E-state index contributed by atoms with van der Waals surface area (Å²) in [5.41, 5.74) is 2.25. The Bertz CT molecular complexity index is 496. The van der Waals surface area contributed by atoms with Crippen LogP contribution >= 0.6 is 11.8 Å². The molecule has 2 aromatic rings. The highest BCUT2D eigenvalue weighted by Crippen LogP contribution is 2.24. The van der Waals surface area contributed by atoms with Crippen molar-refractivity contribution in [2.24, 2.45) is 4.99 Å². The van der Waals surface area contributed by atoms with Crippen LogP contribution in [-0.4, -0.2) is 26.8 Å². The molecule has 15 heavy (non-hydrogen) atoms. The standard InChI is InChI=1S/C11H11N3S/c1-7-6-15-11(13-7)10-4-8-5-12-3-2-9(8)14-10/h2-5,7,14H,6H2,1H3. The topological polar surface area (TPSA) is 41.0 Å². The third kappa shape index (κ3) is 1.55. The van der Waals surface area contributed by atoms with Crippen molar-refractivity contribution < 1.29 is 0 Å². The van der Waals surface area contributed by atoms with Gasteiger partial charge in [-0.05, 0) is 19.1 Å². The fourth-order valence-corrected chi connectivity index (χ4v) is 2.70. The van der Waals surface area contributed by atoms with Crippen molar-refractivity contribution in [1.29, 1.82) is 0 Å². The Hall–Kier alpha value is -1.29. The molecule has 3 rings (SSSR count). The number of aliphatic imine (C=N–C) groups is 1. The average Bonchev–Trinajstić information content (AvgIpc) is 2.82. The number of aromatic amines is 1. The van der Waals surface area contributed by atoms with Crippen molar-refractivity contribution in [3.05, 3.63) is 30.2 Å². The van der Waals surface area contributed by atoms with Crippen molar-refractivity contribution >= 4 is 27.7 Å². The second-order valence-electron chi connectivity index (χ2n) is 3.74. The van der Waals surface area contributed by atoms with E-state index in [1.807, 2.05) is 24.0 Å². The van der Waals surface area contributed by atoms with Crippen LogP contribution in [0.5, 0.6) is 0 Å². The van der Waals surface area contributed by atoms with E-state index >= 15 is 0 Å². The molecule has 0 aliphatic carbocycles. The maximum atomic E-state index is 4.58. The van der Waals surface area contributed by atoms with Gasteiger partial charge in [-0.3, -0.25) is 9.98 Å². The van der Waals surface area contributed by atoms with Crippen LogP contribution in [0.3, 0.4) is 0 Å². The molecule has 0 amide bonds. The predicted octanol–water partition coefficient (Wildman–Crippen LogP) is 2.44. The van der Waals surface area contributed by atoms with Gasteiger partial charge in [0.1, 0.15) is 5.04 Å². The van der Waals surface area contributed by atoms with Crippen LogP contribution in [0, 0.1) is 0 Å². The zero-order valence-electron chi connectivity index (χ0n) is 8.40. The van der Waals surface area contributed by atoms with E-state index < -0.39 is 0 Å². The molecule has 0 saturated carbocycles. The monoisotopic (exact) mass is 217 g/mol. The number of pyridine rings is 1. The maximum absolute atomic E-state index is 4.58. The normalized spacial score (nSPS) is 20.9. The zero-order chi connectivity index (χ0) is 10.3. The van der Waals surface area contributed by atoms with Crippen molar-refractivity contribution in [1.82, 2.24) is 9.97 Å². The van der Waals surface area contributed by atoms with Crippen molar-refractivity contribution in [2.75, 3.05) is 5.75 Å². The number of rotatable bonds is 1. The van der Waals surface area contributed by atoms with E-state index in [1.54, 1.807) is 6.20 Å². The fraction of sp³-hybridized carbons (Fsp3) is 0.273. The number of fused-ring (bicyclic) bond motifs is 1. The van der Waals surface area contributed by atoms with Crippen molar-refractivity contribution in [3.8, 4) is 0 Å². The van der Waals surface area contributed by atoms with E-state index in [2.05, 4.69) is 28.0 Å². The number of H-pyrrole nitrogens is 1. The Kier molecular flexibility index (Phi) is 2.02. The molecule has 2 aromatic heterocycles. The summed E-state index contributed by atoms with van der Waals surface area (Å²) in [6.07, 6.45) is 3.67. The predicted molar refractivity (Wildman–Crippen MR) is 64.6 cm³/mol. The first-order valence-corrected chi connectivity index (χ1v) is 5.95. The van der Waals surface area contributed by atoms with Crippen LogP contribution in [0.1, 0.15) is 12.6 Å². The lowest BCUT2D eigenvalue weighted by Crippen LogP contribution is -1.93. The molecular weight excluding hydrogens is 206 g/mol. The van der Waals surface area contributed by atoms with Gasteiger partial charge < -0.3 is 4.98 Å². The van der Waals surface area contributed by atoms with E-state index in [4.69, 9.17) is 0 Å². The molecule has 76 valence electrons. The number of nitrogens with one attached hydrogen (secondary N) is 1. The van der Waals surface area contributed by atoms with Crippen LogP contribution in [0.4, 0.5) is 0 Å². The van der Waals surface area contributed by atoms with Crippen LogP contribution in [-0.2, 0) is 0 Å². The van der Waals surface area contributed by atoms with Gasteiger partial charge in [0.25, 0.3) is 0 Å². The minimum atomic E-state index is 0.439. The molecule has 0 aromatic carbocycles. The lowest BCUT2D eigenvalue weighted by molar-refractivity contribution is 0.865. The highest BCUT2D eigenvalue weighted by atomic mass is 32.2. The summed E-state index contributed by atoms with van der Waals surface area (Å²) < 4.78 is 0. The van der Waals surface area contributed by atoms with Gasteiger partial charge in [0, 0.05) is 29.0 Å². The largest absolute Gasteiger partial charge is 0.353 e. The van der Waals surface area contributed by atoms with Crippen LogP contribution in [0.2, 0.25) is 0 Å². The number of aromatic nitrogens is 2. The van der Waals surface area contributed by atoms with Crippen molar-refractivity contribution in [2.45, 2.75) is 13.0 Å². The third-order valence-corrected chi connectivity index (χ3v) is 3.70.